The summed E-state index contributed by atoms with van der Waals surface area (Å²) in [6.07, 6.45) is -4.45. The van der Waals surface area contributed by atoms with Gasteiger partial charge in [0.25, 0.3) is 0 Å². The van der Waals surface area contributed by atoms with E-state index in [9.17, 15) is 23.1 Å². The zero-order valence-corrected chi connectivity index (χ0v) is 21.6. The molecule has 0 radical (unpaired) electrons. The predicted molar refractivity (Wildman–Crippen MR) is 142 cm³/mol. The van der Waals surface area contributed by atoms with E-state index in [1.54, 1.807) is 6.07 Å². The summed E-state index contributed by atoms with van der Waals surface area (Å²) in [5.41, 5.74) is 2.40. The highest BCUT2D eigenvalue weighted by molar-refractivity contribution is 5.92. The third kappa shape index (κ3) is 5.37. The van der Waals surface area contributed by atoms with Crippen molar-refractivity contribution in [3.8, 4) is 22.3 Å². The summed E-state index contributed by atoms with van der Waals surface area (Å²) >= 11 is 0. The van der Waals surface area contributed by atoms with Crippen LogP contribution in [0.3, 0.4) is 0 Å². The van der Waals surface area contributed by atoms with Gasteiger partial charge in [-0.15, -0.1) is 0 Å². The number of hydrogen-bond donors (Lipinski definition) is 1. The van der Waals surface area contributed by atoms with Crippen LogP contribution < -0.4 is 4.90 Å². The highest BCUT2D eigenvalue weighted by Crippen LogP contribution is 2.45. The van der Waals surface area contributed by atoms with Crippen molar-refractivity contribution < 1.29 is 23.1 Å². The standard InChI is InChI=1S/C30H33F3N2O2/c1-28(2,3)29(4)20-34(16-17-35(29)19-26(36)37)25-15-9-14-24(21-10-6-5-7-11-21)27(25)22-12-8-13-23(18-22)30(31,32)33/h5-15,18H,16-17,19-20H2,1-4H3,(H,36,37)/t29-/m0/s1. The zero-order valence-electron chi connectivity index (χ0n) is 21.6. The largest absolute Gasteiger partial charge is 0.480 e. The molecule has 1 N–H and O–H groups in total. The van der Waals surface area contributed by atoms with Crippen molar-refractivity contribution >= 4 is 11.7 Å². The van der Waals surface area contributed by atoms with Crippen LogP contribution in [0.5, 0.6) is 0 Å². The van der Waals surface area contributed by atoms with Gasteiger partial charge < -0.3 is 10.0 Å². The number of alkyl halides is 3. The number of nitrogens with zero attached hydrogens (tertiary/aromatic N) is 2. The summed E-state index contributed by atoms with van der Waals surface area (Å²) < 4.78 is 41.0. The first-order valence-corrected chi connectivity index (χ1v) is 12.4. The Kier molecular flexibility index (Phi) is 7.12. The second-order valence-corrected chi connectivity index (χ2v) is 10.9. The fourth-order valence-electron chi connectivity index (χ4n) is 5.19. The van der Waals surface area contributed by atoms with Crippen LogP contribution in [0.2, 0.25) is 0 Å². The zero-order chi connectivity index (χ0) is 27.0. The number of halogens is 3. The van der Waals surface area contributed by atoms with Crippen LogP contribution in [-0.4, -0.2) is 47.7 Å². The Bertz CT molecular complexity index is 1270. The number of carboxylic acid groups (broad SMARTS) is 1. The molecular formula is C30H33F3N2O2. The number of carbonyl (C=O) groups is 1. The van der Waals surface area contributed by atoms with Gasteiger partial charge in [0.2, 0.25) is 0 Å². The molecule has 1 aliphatic rings. The molecule has 7 heteroatoms. The highest BCUT2D eigenvalue weighted by Gasteiger charge is 2.47. The van der Waals surface area contributed by atoms with Crippen LogP contribution in [0, 0.1) is 5.41 Å². The quantitative estimate of drug-likeness (QED) is 0.399. The maximum absolute atomic E-state index is 13.7. The molecule has 0 amide bonds. The van der Waals surface area contributed by atoms with Crippen molar-refractivity contribution in [2.45, 2.75) is 39.4 Å². The van der Waals surface area contributed by atoms with Crippen molar-refractivity contribution in [1.82, 2.24) is 4.90 Å². The van der Waals surface area contributed by atoms with E-state index in [0.29, 0.717) is 25.2 Å². The molecule has 0 unspecified atom stereocenters. The summed E-state index contributed by atoms with van der Waals surface area (Å²) in [5, 5.41) is 9.55. The predicted octanol–water partition coefficient (Wildman–Crippen LogP) is 7.05. The second-order valence-electron chi connectivity index (χ2n) is 10.9. The second kappa shape index (κ2) is 9.86. The van der Waals surface area contributed by atoms with Gasteiger partial charge in [0.15, 0.2) is 0 Å². The van der Waals surface area contributed by atoms with Crippen LogP contribution in [0.25, 0.3) is 22.3 Å². The third-order valence-corrected chi connectivity index (χ3v) is 7.72. The van der Waals surface area contributed by atoms with Crippen molar-refractivity contribution in [3.05, 3.63) is 78.4 Å². The molecule has 1 heterocycles. The fourth-order valence-corrected chi connectivity index (χ4v) is 5.19. The van der Waals surface area contributed by atoms with Gasteiger partial charge in [0.1, 0.15) is 0 Å². The third-order valence-electron chi connectivity index (χ3n) is 7.72. The summed E-state index contributed by atoms with van der Waals surface area (Å²) in [6.45, 7) is 9.92. The normalized spacial score (nSPS) is 19.2. The van der Waals surface area contributed by atoms with E-state index in [4.69, 9.17) is 0 Å². The molecule has 37 heavy (non-hydrogen) atoms. The number of rotatable bonds is 5. The van der Waals surface area contributed by atoms with E-state index < -0.39 is 23.2 Å². The van der Waals surface area contributed by atoms with Crippen LogP contribution in [0.4, 0.5) is 18.9 Å². The average molecular weight is 511 g/mol. The Morgan fingerprint density at radius 2 is 1.57 bits per heavy atom. The number of anilines is 1. The molecule has 3 aromatic carbocycles. The maximum atomic E-state index is 13.7. The van der Waals surface area contributed by atoms with Gasteiger partial charge in [0.05, 0.1) is 12.1 Å². The number of benzene rings is 3. The molecule has 1 atom stereocenters. The van der Waals surface area contributed by atoms with E-state index in [1.807, 2.05) is 53.4 Å². The Morgan fingerprint density at radius 1 is 0.919 bits per heavy atom. The number of hydrogen-bond acceptors (Lipinski definition) is 3. The minimum absolute atomic E-state index is 0.0633. The van der Waals surface area contributed by atoms with Crippen LogP contribution >= 0.6 is 0 Å². The number of carboxylic acids is 1. The molecule has 4 rings (SSSR count). The van der Waals surface area contributed by atoms with Gasteiger partial charge in [0, 0.05) is 36.4 Å². The van der Waals surface area contributed by atoms with E-state index in [0.717, 1.165) is 28.4 Å². The summed E-state index contributed by atoms with van der Waals surface area (Å²) in [4.78, 5) is 15.9. The van der Waals surface area contributed by atoms with Crippen molar-refractivity contribution in [3.63, 3.8) is 0 Å². The topological polar surface area (TPSA) is 43.8 Å². The van der Waals surface area contributed by atoms with Gasteiger partial charge in [-0.25, -0.2) is 0 Å². The molecule has 1 saturated heterocycles. The molecule has 0 aromatic heterocycles. The molecule has 0 bridgehead atoms. The lowest BCUT2D eigenvalue weighted by Crippen LogP contribution is -2.67. The SMILES string of the molecule is CC(C)(C)[C@]1(C)CN(c2cccc(-c3ccccc3)c2-c2cccc(C(F)(F)F)c2)CCN1CC(=O)O. The fraction of sp³-hybridized carbons (Fsp3) is 0.367. The Morgan fingerprint density at radius 3 is 2.19 bits per heavy atom. The van der Waals surface area contributed by atoms with E-state index in [1.165, 1.54) is 12.1 Å². The molecule has 1 fully saturated rings. The van der Waals surface area contributed by atoms with Gasteiger partial charge in [-0.2, -0.15) is 13.2 Å². The van der Waals surface area contributed by atoms with Crippen LogP contribution in [0.15, 0.2) is 72.8 Å². The number of aliphatic carboxylic acids is 1. The maximum Gasteiger partial charge on any atom is 0.416 e. The first-order valence-electron chi connectivity index (χ1n) is 12.4. The molecule has 3 aromatic rings. The Hall–Kier alpha value is -3.32. The first kappa shape index (κ1) is 26.7. The molecular weight excluding hydrogens is 477 g/mol. The van der Waals surface area contributed by atoms with Crippen molar-refractivity contribution in [1.29, 1.82) is 0 Å². The minimum Gasteiger partial charge on any atom is -0.480 e. The lowest BCUT2D eigenvalue weighted by atomic mass is 9.72. The molecule has 0 aliphatic carbocycles. The van der Waals surface area contributed by atoms with Crippen LogP contribution in [-0.2, 0) is 11.0 Å². The van der Waals surface area contributed by atoms with Crippen molar-refractivity contribution in [2.24, 2.45) is 5.41 Å². The van der Waals surface area contributed by atoms with Gasteiger partial charge in [-0.3, -0.25) is 9.69 Å². The van der Waals surface area contributed by atoms with Gasteiger partial charge in [-0.1, -0.05) is 75.4 Å². The molecule has 4 nitrogen and oxygen atoms in total. The average Bonchev–Trinajstić information content (AvgIpc) is 2.84. The van der Waals surface area contributed by atoms with Gasteiger partial charge >= 0.3 is 12.1 Å². The van der Waals surface area contributed by atoms with Gasteiger partial charge in [-0.05, 0) is 47.2 Å². The molecule has 196 valence electrons. The lowest BCUT2D eigenvalue weighted by Gasteiger charge is -2.56. The lowest BCUT2D eigenvalue weighted by molar-refractivity contribution is -0.142. The molecule has 1 aliphatic heterocycles. The van der Waals surface area contributed by atoms with E-state index in [2.05, 4.69) is 32.6 Å². The Balaban J connectivity index is 1.89. The van der Waals surface area contributed by atoms with E-state index >= 15 is 0 Å². The monoisotopic (exact) mass is 510 g/mol. The number of piperazine rings is 1. The minimum atomic E-state index is -4.45. The summed E-state index contributed by atoms with van der Waals surface area (Å²) in [7, 11) is 0. The highest BCUT2D eigenvalue weighted by atomic mass is 19.4. The van der Waals surface area contributed by atoms with Crippen LogP contribution in [0.1, 0.15) is 33.3 Å². The summed E-state index contributed by atoms with van der Waals surface area (Å²) in [6, 6.07) is 21.0. The van der Waals surface area contributed by atoms with Crippen molar-refractivity contribution in [2.75, 3.05) is 31.1 Å². The Labute approximate surface area is 216 Å². The summed E-state index contributed by atoms with van der Waals surface area (Å²) in [5.74, 6) is -0.875. The first-order chi connectivity index (χ1) is 17.3. The molecule has 0 saturated carbocycles. The van der Waals surface area contributed by atoms with E-state index in [-0.39, 0.29) is 12.0 Å². The molecule has 0 spiro atoms. The smallest absolute Gasteiger partial charge is 0.416 e.